The first kappa shape index (κ1) is 23.1. The van der Waals surface area contributed by atoms with Crippen LogP contribution in [-0.2, 0) is 44.7 Å². The van der Waals surface area contributed by atoms with Crippen molar-refractivity contribution < 1.29 is 29.1 Å². The van der Waals surface area contributed by atoms with Crippen LogP contribution < -0.4 is 11.2 Å². The quantitative estimate of drug-likeness (QED) is 0.417. The number of hydrogen-bond acceptors (Lipinski definition) is 5. The Morgan fingerprint density at radius 2 is 1.44 bits per heavy atom. The van der Waals surface area contributed by atoms with E-state index in [1.54, 1.807) is 0 Å². The number of carbonyl (C=O) groups is 2. The van der Waals surface area contributed by atoms with Gasteiger partial charge in [0.15, 0.2) is 0 Å². The maximum absolute atomic E-state index is 10.6. The molecule has 3 N–H and O–H groups in total. The third-order valence-electron chi connectivity index (χ3n) is 1.81. The molecule has 0 fully saturated rings. The summed E-state index contributed by atoms with van der Waals surface area (Å²) in [6, 6.07) is 0. The van der Waals surface area contributed by atoms with Crippen molar-refractivity contribution >= 4 is 35.7 Å². The topological polar surface area (TPSA) is 75.4 Å². The predicted octanol–water partition coefficient (Wildman–Crippen LogP) is 1.67. The smallest absolute Gasteiger partial charge is 0.719 e. The van der Waals surface area contributed by atoms with Gasteiger partial charge in [0.25, 0.3) is 0 Å². The van der Waals surface area contributed by atoms with Crippen LogP contribution in [0.1, 0.15) is 39.5 Å². The molecule has 0 rings (SSSR count). The Bertz CT molecular complexity index is 209. The zero-order chi connectivity index (χ0) is 13.7. The van der Waals surface area contributed by atoms with E-state index in [-0.39, 0.29) is 24.7 Å². The zero-order valence-electron chi connectivity index (χ0n) is 11.1. The summed E-state index contributed by atoms with van der Waals surface area (Å²) in [6.45, 7) is 6.07. The molecule has 0 radical (unpaired) electrons. The van der Waals surface area contributed by atoms with Gasteiger partial charge >= 0.3 is 19.5 Å². The van der Waals surface area contributed by atoms with Crippen molar-refractivity contribution in [3.05, 3.63) is 0 Å². The molecule has 0 atom stereocenters. The minimum Gasteiger partial charge on any atom is -0.719 e. The summed E-state index contributed by atoms with van der Waals surface area (Å²) in [6.07, 6.45) is 4.46. The number of amides is 2. The Hall–Kier alpha value is -0.0366. The first-order chi connectivity index (χ1) is 7.93. The number of nitrogens with one attached hydrogen (secondary N) is 1. The molecule has 18 heavy (non-hydrogen) atoms. The number of nitrogens with two attached hydrogens (primary N) is 1. The number of primary amides is 1. The Balaban J connectivity index is -0.000000392. The van der Waals surface area contributed by atoms with Gasteiger partial charge in [-0.15, -0.1) is 0 Å². The normalized spacial score (nSPS) is 8.83. The van der Waals surface area contributed by atoms with Crippen LogP contribution in [-0.4, -0.2) is 28.6 Å². The summed E-state index contributed by atoms with van der Waals surface area (Å²) in [5, 5.41) is 0.787. The number of carbonyl (C=O) groups excluding carboxylic acids is 2. The van der Waals surface area contributed by atoms with Crippen molar-refractivity contribution in [2.75, 3.05) is 13.1 Å². The van der Waals surface area contributed by atoms with Crippen molar-refractivity contribution in [2.24, 2.45) is 5.73 Å². The van der Waals surface area contributed by atoms with E-state index in [1.807, 2.05) is 5.01 Å². The number of hydrogen-bond donors (Lipinski definition) is 2. The van der Waals surface area contributed by atoms with E-state index in [9.17, 15) is 4.79 Å². The van der Waals surface area contributed by atoms with Gasteiger partial charge in [-0.2, -0.15) is 0 Å². The Kier molecular flexibility index (Phi) is 21.8. The van der Waals surface area contributed by atoms with Gasteiger partial charge in [0.05, 0.1) is 5.24 Å². The average Bonchev–Trinajstić information content (AvgIpc) is 2.20. The van der Waals surface area contributed by atoms with Crippen LogP contribution >= 0.6 is 0 Å². The van der Waals surface area contributed by atoms with E-state index in [4.69, 9.17) is 4.79 Å². The van der Waals surface area contributed by atoms with Crippen molar-refractivity contribution in [3.8, 4) is 0 Å². The molecule has 0 aliphatic heterocycles. The van der Waals surface area contributed by atoms with Gasteiger partial charge in [0.1, 0.15) is 5.24 Å². The minimum absolute atomic E-state index is 0. The molecule has 2 amide bonds. The molecule has 0 aromatic heterocycles. The fraction of sp³-hybridized carbons (Fsp3) is 0.800. The Morgan fingerprint density at radius 1 is 1.11 bits per heavy atom. The van der Waals surface area contributed by atoms with Crippen LogP contribution in [0.3, 0.4) is 0 Å². The van der Waals surface area contributed by atoms with E-state index in [0.717, 1.165) is 38.8 Å². The van der Waals surface area contributed by atoms with Gasteiger partial charge in [-0.3, -0.25) is 0 Å². The summed E-state index contributed by atoms with van der Waals surface area (Å²) in [4.78, 5) is 19.7. The molecule has 0 aromatic rings. The van der Waals surface area contributed by atoms with Gasteiger partial charge in [-0.1, -0.05) is 26.7 Å². The molecule has 5 nitrogen and oxygen atoms in total. The summed E-state index contributed by atoms with van der Waals surface area (Å²) in [5.41, 5.74) is 6.95. The largest absolute Gasteiger partial charge is 2.00 e. The van der Waals surface area contributed by atoms with Gasteiger partial charge in [0, 0.05) is 13.1 Å². The van der Waals surface area contributed by atoms with Crippen molar-refractivity contribution in [1.29, 1.82) is 0 Å². The monoisotopic (exact) mass is 343 g/mol. The van der Waals surface area contributed by atoms with Gasteiger partial charge in [0.2, 0.25) is 0 Å². The molecule has 102 valence electrons. The van der Waals surface area contributed by atoms with Gasteiger partial charge in [-0.25, -0.2) is 5.01 Å². The van der Waals surface area contributed by atoms with E-state index >= 15 is 0 Å². The SMILES string of the molecule is CCCCN(CCCC)NC(=O)[S-].NC(=O)[S-].[Zn+2]. The number of hydrazine groups is 1. The maximum Gasteiger partial charge on any atom is 2.00 e. The first-order valence-electron chi connectivity index (χ1n) is 5.63. The molecular formula is C10H21N3O2S2Zn. The third-order valence-corrected chi connectivity index (χ3v) is 1.90. The molecular weight excluding hydrogens is 324 g/mol. The molecule has 0 spiro atoms. The predicted molar refractivity (Wildman–Crippen MR) is 74.2 cm³/mol. The third kappa shape index (κ3) is 25.0. The van der Waals surface area contributed by atoms with Crippen LogP contribution in [0, 0.1) is 0 Å². The maximum atomic E-state index is 10.6. The molecule has 0 heterocycles. The second-order valence-corrected chi connectivity index (χ2v) is 4.19. The second kappa shape index (κ2) is 17.0. The van der Waals surface area contributed by atoms with E-state index in [2.05, 4.69) is 50.3 Å². The number of rotatable bonds is 7. The summed E-state index contributed by atoms with van der Waals surface area (Å²) < 4.78 is 0. The first-order valence-corrected chi connectivity index (χ1v) is 6.44. The minimum atomic E-state index is -0.750. The molecule has 0 bridgehead atoms. The van der Waals surface area contributed by atoms with Gasteiger partial charge < -0.3 is 46.0 Å². The van der Waals surface area contributed by atoms with Crippen LogP contribution in [0.15, 0.2) is 0 Å². The molecule has 8 heteroatoms. The molecule has 0 aromatic carbocycles. The van der Waals surface area contributed by atoms with Gasteiger partial charge in [-0.05, 0) is 12.8 Å². The molecule has 0 unspecified atom stereocenters. The van der Waals surface area contributed by atoms with Crippen molar-refractivity contribution in [1.82, 2.24) is 10.4 Å². The Morgan fingerprint density at radius 3 is 1.67 bits per heavy atom. The van der Waals surface area contributed by atoms with Crippen molar-refractivity contribution in [3.63, 3.8) is 0 Å². The van der Waals surface area contributed by atoms with E-state index in [0.29, 0.717) is 0 Å². The Labute approximate surface area is 133 Å². The second-order valence-electron chi connectivity index (χ2n) is 3.41. The zero-order valence-corrected chi connectivity index (χ0v) is 15.7. The molecule has 0 saturated carbocycles. The molecule has 0 aliphatic rings. The number of unbranched alkanes of at least 4 members (excludes halogenated alkanes) is 2. The van der Waals surface area contributed by atoms with Crippen molar-refractivity contribution in [2.45, 2.75) is 39.5 Å². The van der Waals surface area contributed by atoms with Crippen LogP contribution in [0.2, 0.25) is 0 Å². The van der Waals surface area contributed by atoms with Crippen LogP contribution in [0.4, 0.5) is 9.59 Å². The molecule has 0 aliphatic carbocycles. The molecule has 0 saturated heterocycles. The fourth-order valence-electron chi connectivity index (χ4n) is 1.05. The fourth-order valence-corrected chi connectivity index (χ4v) is 1.18. The summed E-state index contributed by atoms with van der Waals surface area (Å²) >= 11 is 8.22. The number of nitrogens with zero attached hydrogens (tertiary/aromatic N) is 1. The standard InChI is InChI=1S/C9H20N2OS.CH3NOS.Zn/c1-3-5-7-11(8-6-4-2)10-9(12)13;2-1(3)4;/h3-8H2,1-2H3,(H2,10,12,13);(H3,2,3,4);/q;;+2/p-2. The van der Waals surface area contributed by atoms with Crippen LogP contribution in [0.5, 0.6) is 0 Å². The summed E-state index contributed by atoms with van der Waals surface area (Å²) in [7, 11) is 0. The van der Waals surface area contributed by atoms with Crippen LogP contribution in [0.25, 0.3) is 0 Å². The summed E-state index contributed by atoms with van der Waals surface area (Å²) in [5.74, 6) is 0. The average molecular weight is 345 g/mol. The van der Waals surface area contributed by atoms with E-state index < -0.39 is 5.24 Å². The van der Waals surface area contributed by atoms with E-state index in [1.165, 1.54) is 0 Å².